The summed E-state index contributed by atoms with van der Waals surface area (Å²) in [4.78, 5) is 2.37. The second-order valence-electron chi connectivity index (χ2n) is 10.9. The highest BCUT2D eigenvalue weighted by Crippen LogP contribution is 2.41. The van der Waals surface area contributed by atoms with Gasteiger partial charge in [-0.25, -0.2) is 0 Å². The minimum atomic E-state index is 1.07. The van der Waals surface area contributed by atoms with E-state index in [-0.39, 0.29) is 0 Å². The van der Waals surface area contributed by atoms with E-state index in [2.05, 4.69) is 192 Å². The van der Waals surface area contributed by atoms with Crippen molar-refractivity contribution >= 4 is 43.8 Å². The molecule has 0 unspecified atom stereocenters. The first-order chi connectivity index (χ1) is 21.1. The van der Waals surface area contributed by atoms with Gasteiger partial charge in [0.25, 0.3) is 0 Å². The molecule has 0 saturated heterocycles. The third kappa shape index (κ3) is 5.62. The van der Waals surface area contributed by atoms with Crippen molar-refractivity contribution in [3.05, 3.63) is 174 Å². The largest absolute Gasteiger partial charge is 0.310 e. The molecule has 7 aromatic rings. The van der Waals surface area contributed by atoms with Gasteiger partial charge in [-0.05, 0) is 106 Å². The van der Waals surface area contributed by atoms with Gasteiger partial charge in [0.15, 0.2) is 0 Å². The molecule has 0 radical (unpaired) electrons. The maximum absolute atomic E-state index is 3.68. The maximum atomic E-state index is 3.68. The van der Waals surface area contributed by atoms with E-state index >= 15 is 0 Å². The molecule has 0 spiro atoms. The van der Waals surface area contributed by atoms with Gasteiger partial charge in [0, 0.05) is 21.2 Å². The van der Waals surface area contributed by atoms with Crippen LogP contribution in [0.4, 0.5) is 17.1 Å². The Morgan fingerprint density at radius 1 is 0.419 bits per heavy atom. The molecule has 7 aromatic carbocycles. The van der Waals surface area contributed by atoms with Crippen LogP contribution < -0.4 is 4.90 Å². The lowest BCUT2D eigenvalue weighted by molar-refractivity contribution is 1.30. The van der Waals surface area contributed by atoms with E-state index in [4.69, 9.17) is 0 Å². The van der Waals surface area contributed by atoms with Crippen LogP contribution in [0.25, 0.3) is 44.2 Å². The molecule has 0 heterocycles. The summed E-state index contributed by atoms with van der Waals surface area (Å²) in [5.41, 5.74) is 11.8. The highest BCUT2D eigenvalue weighted by molar-refractivity contribution is 9.10. The maximum Gasteiger partial charge on any atom is 0.0540 e. The third-order valence-corrected chi connectivity index (χ3v) is 8.43. The van der Waals surface area contributed by atoms with E-state index in [0.29, 0.717) is 0 Å². The molecule has 0 aromatic heterocycles. The van der Waals surface area contributed by atoms with E-state index in [9.17, 15) is 0 Å². The van der Waals surface area contributed by atoms with Crippen LogP contribution in [0.5, 0.6) is 0 Å². The molecule has 0 N–H and O–H groups in total. The number of benzene rings is 7. The Balaban J connectivity index is 1.41. The van der Waals surface area contributed by atoms with Gasteiger partial charge in [-0.2, -0.15) is 0 Å². The summed E-state index contributed by atoms with van der Waals surface area (Å²) >= 11 is 3.68. The van der Waals surface area contributed by atoms with Gasteiger partial charge >= 0.3 is 0 Å². The van der Waals surface area contributed by atoms with E-state index in [0.717, 1.165) is 21.5 Å². The first kappa shape index (κ1) is 26.9. The first-order valence-electron chi connectivity index (χ1n) is 14.5. The number of fused-ring (bicyclic) bond motifs is 1. The lowest BCUT2D eigenvalue weighted by Crippen LogP contribution is -2.10. The molecule has 0 aliphatic heterocycles. The molecule has 43 heavy (non-hydrogen) atoms. The zero-order chi connectivity index (χ0) is 29.2. The summed E-state index contributed by atoms with van der Waals surface area (Å²) in [6.07, 6.45) is 0. The fraction of sp³-hybridized carbons (Fsp3) is 0.0244. The van der Waals surface area contributed by atoms with E-state index < -0.39 is 0 Å². The Morgan fingerprint density at radius 2 is 1.00 bits per heavy atom. The summed E-state index contributed by atoms with van der Waals surface area (Å²) in [6, 6.07) is 58.9. The summed E-state index contributed by atoms with van der Waals surface area (Å²) in [5, 5.41) is 2.44. The second-order valence-corrected chi connectivity index (χ2v) is 11.8. The van der Waals surface area contributed by atoms with Crippen LogP contribution in [-0.4, -0.2) is 0 Å². The predicted molar refractivity (Wildman–Crippen MR) is 187 cm³/mol. The van der Waals surface area contributed by atoms with Gasteiger partial charge in [-0.3, -0.25) is 0 Å². The lowest BCUT2D eigenvalue weighted by atomic mass is 9.93. The fourth-order valence-electron chi connectivity index (χ4n) is 5.77. The molecule has 0 bridgehead atoms. The molecule has 1 nitrogen and oxygen atoms in total. The van der Waals surface area contributed by atoms with Crippen LogP contribution >= 0.6 is 15.9 Å². The van der Waals surface area contributed by atoms with Crippen LogP contribution in [0.15, 0.2) is 168 Å². The molecule has 206 valence electrons. The van der Waals surface area contributed by atoms with Gasteiger partial charge in [0.1, 0.15) is 0 Å². The minimum Gasteiger partial charge on any atom is -0.310 e. The Bertz CT molecular complexity index is 2040. The van der Waals surface area contributed by atoms with Crippen molar-refractivity contribution in [2.75, 3.05) is 4.90 Å². The number of rotatable bonds is 6. The average molecular weight is 617 g/mol. The lowest BCUT2D eigenvalue weighted by Gasteiger charge is -2.27. The molecule has 7 rings (SSSR count). The molecule has 0 aliphatic carbocycles. The molecule has 0 amide bonds. The van der Waals surface area contributed by atoms with Gasteiger partial charge in [0.05, 0.1) is 5.69 Å². The highest BCUT2D eigenvalue weighted by atomic mass is 79.9. The fourth-order valence-corrected chi connectivity index (χ4v) is 6.17. The number of halogens is 1. The topological polar surface area (TPSA) is 3.24 Å². The zero-order valence-corrected chi connectivity index (χ0v) is 25.5. The molecule has 0 saturated carbocycles. The molecule has 2 heteroatoms. The quantitative estimate of drug-likeness (QED) is 0.180. The molecule has 0 atom stereocenters. The third-order valence-electron chi connectivity index (χ3n) is 7.94. The molecular formula is C41H30BrN. The standard InChI is InChI=1S/C41H30BrN/c1-29-20-22-30(23-21-29)34-24-35(32-12-7-14-37(42)27-32)26-36(25-34)33-13-8-17-39(28-33)43(38-15-3-2-4-16-38)41-19-9-11-31-10-5-6-18-40(31)41/h2-28H,1H3. The Labute approximate surface area is 261 Å². The molecule has 0 fully saturated rings. The van der Waals surface area contributed by atoms with E-state index in [1.165, 1.54) is 49.7 Å². The Kier molecular flexibility index (Phi) is 7.37. The van der Waals surface area contributed by atoms with Crippen LogP contribution in [0.3, 0.4) is 0 Å². The van der Waals surface area contributed by atoms with Crippen molar-refractivity contribution in [3.63, 3.8) is 0 Å². The van der Waals surface area contributed by atoms with Crippen molar-refractivity contribution in [2.45, 2.75) is 6.92 Å². The second kappa shape index (κ2) is 11.8. The van der Waals surface area contributed by atoms with Crippen molar-refractivity contribution in [2.24, 2.45) is 0 Å². The number of aryl methyl sites for hydroxylation is 1. The summed E-state index contributed by atoms with van der Waals surface area (Å²) < 4.78 is 1.07. The smallest absolute Gasteiger partial charge is 0.0540 e. The number of anilines is 3. The molecule has 0 aliphatic rings. The van der Waals surface area contributed by atoms with Gasteiger partial charge in [-0.1, -0.05) is 125 Å². The SMILES string of the molecule is Cc1ccc(-c2cc(-c3cccc(Br)c3)cc(-c3cccc(N(c4ccccc4)c4cccc5ccccc45)c3)c2)cc1. The van der Waals surface area contributed by atoms with Crippen LogP contribution in [0.2, 0.25) is 0 Å². The molecular weight excluding hydrogens is 586 g/mol. The highest BCUT2D eigenvalue weighted by Gasteiger charge is 2.16. The Hall–Kier alpha value is -4.92. The minimum absolute atomic E-state index is 1.07. The van der Waals surface area contributed by atoms with E-state index in [1.54, 1.807) is 0 Å². The van der Waals surface area contributed by atoms with Crippen molar-refractivity contribution in [1.29, 1.82) is 0 Å². The van der Waals surface area contributed by atoms with Gasteiger partial charge in [0.2, 0.25) is 0 Å². The van der Waals surface area contributed by atoms with Crippen molar-refractivity contribution in [1.82, 2.24) is 0 Å². The van der Waals surface area contributed by atoms with Crippen molar-refractivity contribution in [3.8, 4) is 33.4 Å². The summed E-state index contributed by atoms with van der Waals surface area (Å²) in [5.74, 6) is 0. The van der Waals surface area contributed by atoms with Crippen LogP contribution in [0, 0.1) is 6.92 Å². The zero-order valence-electron chi connectivity index (χ0n) is 23.9. The monoisotopic (exact) mass is 615 g/mol. The summed E-state index contributed by atoms with van der Waals surface area (Å²) in [7, 11) is 0. The number of hydrogen-bond donors (Lipinski definition) is 0. The number of para-hydroxylation sites is 1. The number of hydrogen-bond acceptors (Lipinski definition) is 1. The normalized spacial score (nSPS) is 11.0. The van der Waals surface area contributed by atoms with Crippen LogP contribution in [-0.2, 0) is 0 Å². The summed E-state index contributed by atoms with van der Waals surface area (Å²) in [6.45, 7) is 2.13. The van der Waals surface area contributed by atoms with E-state index in [1.807, 2.05) is 0 Å². The Morgan fingerprint density at radius 3 is 1.74 bits per heavy atom. The van der Waals surface area contributed by atoms with Crippen molar-refractivity contribution < 1.29 is 0 Å². The first-order valence-corrected chi connectivity index (χ1v) is 15.3. The van der Waals surface area contributed by atoms with Gasteiger partial charge < -0.3 is 4.90 Å². The average Bonchev–Trinajstić information content (AvgIpc) is 3.06. The van der Waals surface area contributed by atoms with Crippen LogP contribution in [0.1, 0.15) is 5.56 Å². The van der Waals surface area contributed by atoms with Gasteiger partial charge in [-0.15, -0.1) is 0 Å². The number of nitrogens with zero attached hydrogens (tertiary/aromatic N) is 1. The predicted octanol–water partition coefficient (Wildman–Crippen LogP) is 12.4.